The Morgan fingerprint density at radius 3 is 2.35 bits per heavy atom. The number of para-hydroxylation sites is 1. The minimum Gasteiger partial charge on any atom is -0.493 e. The third-order valence-electron chi connectivity index (χ3n) is 6.19. The molecule has 0 aliphatic carbocycles. The lowest BCUT2D eigenvalue weighted by atomic mass is 9.91. The van der Waals surface area contributed by atoms with E-state index < -0.39 is 29.8 Å². The first-order valence-corrected chi connectivity index (χ1v) is 14.3. The number of unbranched alkanes of at least 4 members (excludes halogenated alkanes) is 1. The minimum atomic E-state index is -0.987. The van der Waals surface area contributed by atoms with Gasteiger partial charge >= 0.3 is 6.09 Å². The summed E-state index contributed by atoms with van der Waals surface area (Å²) in [7, 11) is 1.63. The van der Waals surface area contributed by atoms with Crippen LogP contribution in [0.2, 0.25) is 0 Å². The van der Waals surface area contributed by atoms with Crippen LogP contribution in [-0.2, 0) is 14.3 Å². The van der Waals surface area contributed by atoms with E-state index >= 15 is 0 Å². The van der Waals surface area contributed by atoms with Crippen LogP contribution >= 0.6 is 0 Å². The molecule has 1 rings (SSSR count). The lowest BCUT2D eigenvalue weighted by Gasteiger charge is -2.29. The van der Waals surface area contributed by atoms with Gasteiger partial charge in [-0.3, -0.25) is 9.59 Å². The second-order valence-electron chi connectivity index (χ2n) is 11.3. The zero-order chi connectivity index (χ0) is 30.1. The number of methoxy groups -OCH3 is 1. The van der Waals surface area contributed by atoms with Gasteiger partial charge in [0.25, 0.3) is 5.91 Å². The van der Waals surface area contributed by atoms with Gasteiger partial charge in [0, 0.05) is 39.1 Å². The topological polar surface area (TPSA) is 135 Å². The van der Waals surface area contributed by atoms with Gasteiger partial charge in [-0.1, -0.05) is 39.3 Å². The molecule has 1 aromatic rings. The van der Waals surface area contributed by atoms with Crippen molar-refractivity contribution in [3.63, 3.8) is 0 Å². The summed E-state index contributed by atoms with van der Waals surface area (Å²) in [5.41, 5.74) is -0.275. The predicted octanol–water partition coefficient (Wildman–Crippen LogP) is 4.05. The Kier molecular flexibility index (Phi) is 16.3. The maximum absolute atomic E-state index is 12.9. The average Bonchev–Trinajstić information content (AvgIpc) is 2.88. The standard InChI is InChI=1S/C30H51N3O7/c1-8-9-15-31-27(35)22(3)19-25(34)24(33-29(37)40-30(4,5)6)18-21(2)20-32-28(36)23-13-10-11-14-26(23)39-17-12-16-38-7/h10-11,13-14,21-22,24-25,34H,8-9,12,15-20H2,1-7H3,(H,31,35)(H,32,36)(H,33,37)/t21-,22-,24+,25+/m1/s1. The van der Waals surface area contributed by atoms with Gasteiger partial charge in [-0.05, 0) is 58.1 Å². The Balaban J connectivity index is 2.82. The van der Waals surface area contributed by atoms with E-state index in [2.05, 4.69) is 16.0 Å². The molecule has 0 saturated carbocycles. The normalized spacial score (nSPS) is 14.4. The Hall–Kier alpha value is -2.85. The van der Waals surface area contributed by atoms with Crippen LogP contribution in [0.25, 0.3) is 0 Å². The third-order valence-corrected chi connectivity index (χ3v) is 6.19. The number of nitrogens with one attached hydrogen (secondary N) is 3. The van der Waals surface area contributed by atoms with Gasteiger partial charge in [-0.15, -0.1) is 0 Å². The molecule has 3 amide bonds. The molecular formula is C30H51N3O7. The molecular weight excluding hydrogens is 514 g/mol. The lowest BCUT2D eigenvalue weighted by Crippen LogP contribution is -2.48. The zero-order valence-corrected chi connectivity index (χ0v) is 25.4. The zero-order valence-electron chi connectivity index (χ0n) is 25.4. The van der Waals surface area contributed by atoms with Crippen LogP contribution in [0.15, 0.2) is 24.3 Å². The molecule has 228 valence electrons. The SMILES string of the molecule is CCCCNC(=O)[C@H](C)C[C@H](O)[C@H](C[C@@H](C)CNC(=O)c1ccccc1OCCCOC)NC(=O)OC(C)(C)C. The van der Waals surface area contributed by atoms with E-state index in [0.29, 0.717) is 50.5 Å². The van der Waals surface area contributed by atoms with Crippen molar-refractivity contribution >= 4 is 17.9 Å². The van der Waals surface area contributed by atoms with Gasteiger partial charge in [0.1, 0.15) is 11.4 Å². The van der Waals surface area contributed by atoms with Crippen LogP contribution in [0.5, 0.6) is 5.75 Å². The first kappa shape index (κ1) is 35.2. The summed E-state index contributed by atoms with van der Waals surface area (Å²) in [6, 6.07) is 6.36. The quantitative estimate of drug-likeness (QED) is 0.197. The van der Waals surface area contributed by atoms with Gasteiger partial charge < -0.3 is 35.3 Å². The van der Waals surface area contributed by atoms with Crippen molar-refractivity contribution in [2.45, 2.75) is 91.4 Å². The van der Waals surface area contributed by atoms with Gasteiger partial charge in [0.05, 0.1) is 24.3 Å². The number of aliphatic hydroxyl groups is 1. The van der Waals surface area contributed by atoms with Crippen LogP contribution in [0.1, 0.15) is 84.0 Å². The molecule has 40 heavy (non-hydrogen) atoms. The van der Waals surface area contributed by atoms with Crippen LogP contribution in [0.4, 0.5) is 4.79 Å². The van der Waals surface area contributed by atoms with Gasteiger partial charge in [0.2, 0.25) is 5.91 Å². The molecule has 0 aliphatic rings. The Bertz CT molecular complexity index is 904. The molecule has 0 aromatic heterocycles. The van der Waals surface area contributed by atoms with Crippen molar-refractivity contribution in [3.8, 4) is 5.75 Å². The molecule has 4 N–H and O–H groups in total. The highest BCUT2D eigenvalue weighted by molar-refractivity contribution is 5.96. The molecule has 4 atom stereocenters. The van der Waals surface area contributed by atoms with E-state index in [-0.39, 0.29) is 24.2 Å². The smallest absolute Gasteiger partial charge is 0.407 e. The third kappa shape index (κ3) is 14.5. The number of benzene rings is 1. The molecule has 10 nitrogen and oxygen atoms in total. The Labute approximate surface area is 239 Å². The number of amides is 3. The van der Waals surface area contributed by atoms with Crippen molar-refractivity contribution in [1.29, 1.82) is 0 Å². The number of aliphatic hydroxyl groups excluding tert-OH is 1. The lowest BCUT2D eigenvalue weighted by molar-refractivity contribution is -0.125. The fourth-order valence-electron chi connectivity index (χ4n) is 4.01. The summed E-state index contributed by atoms with van der Waals surface area (Å²) in [6.07, 6.45) is 1.46. The van der Waals surface area contributed by atoms with Crippen molar-refractivity contribution in [2.24, 2.45) is 11.8 Å². The Morgan fingerprint density at radius 2 is 1.70 bits per heavy atom. The number of hydrogen-bond acceptors (Lipinski definition) is 7. The summed E-state index contributed by atoms with van der Waals surface area (Å²) < 4.78 is 16.2. The van der Waals surface area contributed by atoms with E-state index in [0.717, 1.165) is 12.8 Å². The van der Waals surface area contributed by atoms with Crippen LogP contribution in [0, 0.1) is 11.8 Å². The molecule has 10 heteroatoms. The van der Waals surface area contributed by atoms with E-state index in [4.69, 9.17) is 14.2 Å². The largest absolute Gasteiger partial charge is 0.493 e. The second kappa shape index (κ2) is 18.5. The number of carbonyl (C=O) groups excluding carboxylic acids is 3. The number of carbonyl (C=O) groups is 3. The van der Waals surface area contributed by atoms with E-state index in [1.165, 1.54) is 0 Å². The number of hydrogen-bond donors (Lipinski definition) is 4. The summed E-state index contributed by atoms with van der Waals surface area (Å²) in [4.78, 5) is 37.9. The van der Waals surface area contributed by atoms with E-state index in [1.54, 1.807) is 53.0 Å². The summed E-state index contributed by atoms with van der Waals surface area (Å²) in [6.45, 7) is 12.9. The van der Waals surface area contributed by atoms with Gasteiger partial charge in [-0.2, -0.15) is 0 Å². The number of rotatable bonds is 18. The van der Waals surface area contributed by atoms with E-state index in [1.807, 2.05) is 19.9 Å². The first-order chi connectivity index (χ1) is 18.9. The van der Waals surface area contributed by atoms with E-state index in [9.17, 15) is 19.5 Å². The van der Waals surface area contributed by atoms with Crippen LogP contribution < -0.4 is 20.7 Å². The van der Waals surface area contributed by atoms with Crippen molar-refractivity contribution in [2.75, 3.05) is 33.4 Å². The van der Waals surface area contributed by atoms with Crippen molar-refractivity contribution in [3.05, 3.63) is 29.8 Å². The van der Waals surface area contributed by atoms with Crippen LogP contribution in [0.3, 0.4) is 0 Å². The van der Waals surface area contributed by atoms with Crippen molar-refractivity contribution in [1.82, 2.24) is 16.0 Å². The average molecular weight is 566 g/mol. The molecule has 0 radical (unpaired) electrons. The summed E-state index contributed by atoms with van der Waals surface area (Å²) in [5.74, 6) is -0.460. The summed E-state index contributed by atoms with van der Waals surface area (Å²) >= 11 is 0. The molecule has 0 heterocycles. The second-order valence-corrected chi connectivity index (χ2v) is 11.3. The highest BCUT2D eigenvalue weighted by atomic mass is 16.6. The molecule has 0 bridgehead atoms. The maximum Gasteiger partial charge on any atom is 0.407 e. The monoisotopic (exact) mass is 565 g/mol. The summed E-state index contributed by atoms with van der Waals surface area (Å²) in [5, 5.41) is 19.6. The minimum absolute atomic E-state index is 0.109. The first-order valence-electron chi connectivity index (χ1n) is 14.3. The molecule has 0 saturated heterocycles. The van der Waals surface area contributed by atoms with Gasteiger partial charge in [-0.25, -0.2) is 4.79 Å². The molecule has 0 aliphatic heterocycles. The highest BCUT2D eigenvalue weighted by Crippen LogP contribution is 2.20. The number of alkyl carbamates (subject to hydrolysis) is 1. The fourth-order valence-corrected chi connectivity index (χ4v) is 4.01. The fraction of sp³-hybridized carbons (Fsp3) is 0.700. The molecule has 0 unspecified atom stereocenters. The van der Waals surface area contributed by atoms with Crippen molar-refractivity contribution < 1.29 is 33.7 Å². The molecule has 0 spiro atoms. The number of ether oxygens (including phenoxy) is 3. The van der Waals surface area contributed by atoms with Gasteiger partial charge in [0.15, 0.2) is 0 Å². The molecule has 0 fully saturated rings. The predicted molar refractivity (Wildman–Crippen MR) is 155 cm³/mol. The highest BCUT2D eigenvalue weighted by Gasteiger charge is 2.29. The molecule has 1 aromatic carbocycles. The maximum atomic E-state index is 12.9. The Morgan fingerprint density at radius 1 is 1.00 bits per heavy atom. The van der Waals surface area contributed by atoms with Crippen LogP contribution in [-0.4, -0.2) is 74.2 Å².